The van der Waals surface area contributed by atoms with Crippen molar-refractivity contribution in [3.63, 3.8) is 0 Å². The van der Waals surface area contributed by atoms with Gasteiger partial charge in [0.15, 0.2) is 6.10 Å². The molecule has 1 atom stereocenters. The van der Waals surface area contributed by atoms with Crippen LogP contribution in [0.2, 0.25) is 0 Å². The summed E-state index contributed by atoms with van der Waals surface area (Å²) in [6.45, 7) is 6.71. The van der Waals surface area contributed by atoms with Crippen molar-refractivity contribution in [3.05, 3.63) is 36.5 Å². The highest BCUT2D eigenvalue weighted by atomic mass is 16.6. The molecule has 0 radical (unpaired) electrons. The molecule has 0 fully saturated rings. The van der Waals surface area contributed by atoms with E-state index in [0.717, 1.165) is 70.6 Å². The van der Waals surface area contributed by atoms with E-state index in [1.165, 1.54) is 283 Å². The lowest BCUT2D eigenvalue weighted by molar-refractivity contribution is -0.167. The normalized spacial score (nSPS) is 12.2. The maximum absolute atomic E-state index is 12.9. The highest BCUT2D eigenvalue weighted by Crippen LogP contribution is 2.19. The van der Waals surface area contributed by atoms with Crippen LogP contribution in [0.1, 0.15) is 393 Å². The van der Waals surface area contributed by atoms with Crippen molar-refractivity contribution in [2.45, 2.75) is 399 Å². The van der Waals surface area contributed by atoms with Crippen molar-refractivity contribution >= 4 is 17.9 Å². The van der Waals surface area contributed by atoms with E-state index in [9.17, 15) is 14.4 Å². The Morgan fingerprint density at radius 3 is 0.709 bits per heavy atom. The number of ether oxygens (including phenoxy) is 3. The van der Waals surface area contributed by atoms with Gasteiger partial charge in [0.1, 0.15) is 13.2 Å². The quantitative estimate of drug-likeness (QED) is 0.0261. The van der Waals surface area contributed by atoms with E-state index in [1.807, 2.05) is 0 Å². The summed E-state index contributed by atoms with van der Waals surface area (Å²) in [5.41, 5.74) is 0. The monoisotopic (exact) mass is 1110 g/mol. The van der Waals surface area contributed by atoms with Crippen molar-refractivity contribution in [2.75, 3.05) is 13.2 Å². The Morgan fingerprint density at radius 2 is 0.456 bits per heavy atom. The first-order valence-corrected chi connectivity index (χ1v) is 35.5. The van der Waals surface area contributed by atoms with E-state index in [1.54, 1.807) is 0 Å². The van der Waals surface area contributed by atoms with Gasteiger partial charge in [-0.15, -0.1) is 0 Å². The van der Waals surface area contributed by atoms with Gasteiger partial charge in [0.25, 0.3) is 0 Å². The third kappa shape index (κ3) is 66.3. The first-order chi connectivity index (χ1) is 39.0. The van der Waals surface area contributed by atoms with Gasteiger partial charge in [0.2, 0.25) is 0 Å². The first kappa shape index (κ1) is 76.6. The molecule has 0 rings (SSSR count). The minimum Gasteiger partial charge on any atom is -0.462 e. The largest absolute Gasteiger partial charge is 0.462 e. The highest BCUT2D eigenvalue weighted by Gasteiger charge is 2.19. The fraction of sp³-hybridized carbons (Fsp3) is 0.877. The lowest BCUT2D eigenvalue weighted by Gasteiger charge is -2.18. The molecule has 0 saturated carbocycles. The molecular formula is C73H136O6. The molecule has 0 saturated heterocycles. The lowest BCUT2D eigenvalue weighted by atomic mass is 10.0. The Morgan fingerprint density at radius 1 is 0.253 bits per heavy atom. The molecular weight excluding hydrogens is 973 g/mol. The van der Waals surface area contributed by atoms with Crippen LogP contribution in [-0.2, 0) is 28.6 Å². The molecule has 0 amide bonds. The Balaban J connectivity index is 4.20. The van der Waals surface area contributed by atoms with Gasteiger partial charge in [-0.25, -0.2) is 0 Å². The number of allylic oxidation sites excluding steroid dienone is 6. The van der Waals surface area contributed by atoms with Gasteiger partial charge < -0.3 is 14.2 Å². The van der Waals surface area contributed by atoms with Crippen LogP contribution in [0, 0.1) is 0 Å². The minimum atomic E-state index is -0.768. The third-order valence-corrected chi connectivity index (χ3v) is 16.1. The average molecular weight is 1110 g/mol. The number of unbranched alkanes of at least 4 members (excludes halogenated alkanes) is 49. The molecule has 0 aromatic carbocycles. The zero-order chi connectivity index (χ0) is 57.1. The molecule has 0 spiro atoms. The fourth-order valence-corrected chi connectivity index (χ4v) is 10.8. The number of esters is 3. The topological polar surface area (TPSA) is 78.9 Å². The standard InChI is InChI=1S/C73H136O6/c1-4-7-10-13-16-19-22-25-28-30-32-33-34-35-36-37-38-39-40-41-42-44-45-48-51-54-57-60-63-66-72(75)78-69-70(68-77-71(74)65-62-59-56-53-50-47-27-24-21-18-15-12-9-6-3)79-73(76)67-64-61-58-55-52-49-46-43-31-29-26-23-20-17-14-11-8-5-2/h22,25,30,32,34-35,70H,4-21,23-24,26-29,31,33,36-69H2,1-3H3/b25-22-,32-30-,35-34-. The van der Waals surface area contributed by atoms with Crippen LogP contribution in [0.5, 0.6) is 0 Å². The zero-order valence-corrected chi connectivity index (χ0v) is 53.4. The summed E-state index contributed by atoms with van der Waals surface area (Å²) in [6.07, 6.45) is 84.6. The van der Waals surface area contributed by atoms with Gasteiger partial charge in [-0.1, -0.05) is 353 Å². The van der Waals surface area contributed by atoms with E-state index < -0.39 is 6.10 Å². The summed E-state index contributed by atoms with van der Waals surface area (Å²) in [4.78, 5) is 38.4. The molecule has 464 valence electrons. The Bertz CT molecular complexity index is 1320. The highest BCUT2D eigenvalue weighted by molar-refractivity contribution is 5.71. The van der Waals surface area contributed by atoms with Gasteiger partial charge in [-0.2, -0.15) is 0 Å². The smallest absolute Gasteiger partial charge is 0.306 e. The second kappa shape index (κ2) is 68.1. The Kier molecular flexibility index (Phi) is 66.1. The number of rotatable bonds is 66. The van der Waals surface area contributed by atoms with Crippen LogP contribution in [0.25, 0.3) is 0 Å². The summed E-state index contributed by atoms with van der Waals surface area (Å²) in [6, 6.07) is 0. The van der Waals surface area contributed by atoms with Gasteiger partial charge in [-0.05, 0) is 57.8 Å². The van der Waals surface area contributed by atoms with Crippen molar-refractivity contribution in [2.24, 2.45) is 0 Å². The summed E-state index contributed by atoms with van der Waals surface area (Å²) in [5, 5.41) is 0. The number of carbonyl (C=O) groups is 3. The van der Waals surface area contributed by atoms with E-state index in [4.69, 9.17) is 14.2 Å². The molecule has 0 bridgehead atoms. The molecule has 6 heteroatoms. The molecule has 0 N–H and O–H groups in total. The van der Waals surface area contributed by atoms with Gasteiger partial charge >= 0.3 is 17.9 Å². The maximum atomic E-state index is 12.9. The van der Waals surface area contributed by atoms with Crippen molar-refractivity contribution in [1.82, 2.24) is 0 Å². The molecule has 0 aromatic rings. The summed E-state index contributed by atoms with van der Waals surface area (Å²) in [7, 11) is 0. The van der Waals surface area contributed by atoms with E-state index in [2.05, 4.69) is 57.2 Å². The van der Waals surface area contributed by atoms with E-state index >= 15 is 0 Å². The molecule has 79 heavy (non-hydrogen) atoms. The average Bonchev–Trinajstić information content (AvgIpc) is 3.45. The minimum absolute atomic E-state index is 0.0651. The number of hydrogen-bond donors (Lipinski definition) is 0. The van der Waals surface area contributed by atoms with Crippen LogP contribution < -0.4 is 0 Å². The van der Waals surface area contributed by atoms with Crippen molar-refractivity contribution < 1.29 is 28.6 Å². The second-order valence-corrected chi connectivity index (χ2v) is 24.2. The van der Waals surface area contributed by atoms with Crippen LogP contribution in [-0.4, -0.2) is 37.2 Å². The maximum Gasteiger partial charge on any atom is 0.306 e. The summed E-state index contributed by atoms with van der Waals surface area (Å²) >= 11 is 0. The van der Waals surface area contributed by atoms with Crippen LogP contribution in [0.3, 0.4) is 0 Å². The molecule has 0 aliphatic rings. The molecule has 0 heterocycles. The van der Waals surface area contributed by atoms with Crippen molar-refractivity contribution in [3.8, 4) is 0 Å². The zero-order valence-electron chi connectivity index (χ0n) is 53.4. The van der Waals surface area contributed by atoms with Gasteiger partial charge in [0.05, 0.1) is 0 Å². The number of hydrogen-bond acceptors (Lipinski definition) is 6. The fourth-order valence-electron chi connectivity index (χ4n) is 10.8. The lowest BCUT2D eigenvalue weighted by Crippen LogP contribution is -2.30. The van der Waals surface area contributed by atoms with E-state index in [-0.39, 0.29) is 31.1 Å². The second-order valence-electron chi connectivity index (χ2n) is 24.2. The summed E-state index contributed by atoms with van der Waals surface area (Å²) < 4.78 is 17.0. The predicted molar refractivity (Wildman–Crippen MR) is 344 cm³/mol. The molecule has 1 unspecified atom stereocenters. The molecule has 0 aliphatic carbocycles. The summed E-state index contributed by atoms with van der Waals surface area (Å²) in [5.74, 6) is -0.834. The first-order valence-electron chi connectivity index (χ1n) is 35.5. The Hall–Kier alpha value is -2.37. The molecule has 0 aromatic heterocycles. The van der Waals surface area contributed by atoms with Crippen LogP contribution in [0.4, 0.5) is 0 Å². The van der Waals surface area contributed by atoms with Gasteiger partial charge in [0, 0.05) is 19.3 Å². The SMILES string of the molecule is CCCCCCC/C=C\C/C=C\C/C=C\CCCCCCCCCCCCCCCCC(=O)OCC(COC(=O)CCCCCCCCCCCCCCCC)OC(=O)CCCCCCCCCCCCCCCCCCCC. The number of carbonyl (C=O) groups excluding carboxylic acids is 3. The molecule has 6 nitrogen and oxygen atoms in total. The third-order valence-electron chi connectivity index (χ3n) is 16.1. The van der Waals surface area contributed by atoms with Crippen LogP contribution in [0.15, 0.2) is 36.5 Å². The predicted octanol–water partition coefficient (Wildman–Crippen LogP) is 24.3. The van der Waals surface area contributed by atoms with Crippen molar-refractivity contribution in [1.29, 1.82) is 0 Å². The van der Waals surface area contributed by atoms with Gasteiger partial charge in [-0.3, -0.25) is 14.4 Å². The van der Waals surface area contributed by atoms with E-state index in [0.29, 0.717) is 19.3 Å². The van der Waals surface area contributed by atoms with Crippen LogP contribution >= 0.6 is 0 Å². The Labute approximate surface area is 493 Å². The molecule has 0 aliphatic heterocycles.